The molecule has 1 fully saturated rings. The quantitative estimate of drug-likeness (QED) is 0.612. The molecule has 134 valence electrons. The first-order valence-electron chi connectivity index (χ1n) is 7.48. The van der Waals surface area contributed by atoms with E-state index in [-0.39, 0.29) is 10.1 Å². The molecule has 1 saturated heterocycles. The summed E-state index contributed by atoms with van der Waals surface area (Å²) in [7, 11) is -3.69. The highest BCUT2D eigenvalue weighted by Crippen LogP contribution is 2.28. The lowest BCUT2D eigenvalue weighted by Crippen LogP contribution is -2.33. The van der Waals surface area contributed by atoms with Gasteiger partial charge in [-0.15, -0.1) is 11.8 Å². The molecule has 9 heteroatoms. The summed E-state index contributed by atoms with van der Waals surface area (Å²) in [5.41, 5.74) is 0.514. The van der Waals surface area contributed by atoms with Crippen molar-refractivity contribution in [2.45, 2.75) is 28.4 Å². The van der Waals surface area contributed by atoms with Crippen LogP contribution in [0.15, 0.2) is 53.4 Å². The Morgan fingerprint density at radius 3 is 2.28 bits per heavy atom. The molecule has 2 aromatic rings. The van der Waals surface area contributed by atoms with E-state index < -0.39 is 21.8 Å². The Bertz CT molecular complexity index is 828. The molecule has 0 aliphatic carbocycles. The van der Waals surface area contributed by atoms with Crippen molar-refractivity contribution >= 4 is 39.1 Å². The Labute approximate surface area is 155 Å². The Balaban J connectivity index is 1.69. The van der Waals surface area contributed by atoms with Crippen LogP contribution in [0.4, 0.5) is 5.69 Å². The third-order valence-corrected chi connectivity index (χ3v) is 6.55. The highest BCUT2D eigenvalue weighted by Gasteiger charge is 2.31. The van der Waals surface area contributed by atoms with Gasteiger partial charge in [-0.3, -0.25) is 10.0 Å². The largest absolute Gasteiger partial charge is 0.377 e. The maximum absolute atomic E-state index is 12.4. The van der Waals surface area contributed by atoms with Crippen molar-refractivity contribution in [1.82, 2.24) is 5.32 Å². The standard InChI is InChI=1S/C16H17ClN2O4S2/c17-11-3-5-12(6-4-11)19-25(22,23)13-7-1-10(2-8-13)9-14-15(20)18-16(21)24-14/h1-8,14-16,18-21H,9H2. The van der Waals surface area contributed by atoms with Crippen LogP contribution < -0.4 is 10.0 Å². The van der Waals surface area contributed by atoms with Crippen LogP contribution in [0, 0.1) is 0 Å². The minimum absolute atomic E-state index is 0.143. The molecule has 3 rings (SSSR count). The summed E-state index contributed by atoms with van der Waals surface area (Å²) >= 11 is 7.02. The summed E-state index contributed by atoms with van der Waals surface area (Å²) in [6.45, 7) is 0. The number of nitrogens with one attached hydrogen (secondary N) is 2. The Hall–Kier alpha value is -1.29. The number of halogens is 1. The molecule has 1 aliphatic rings. The van der Waals surface area contributed by atoms with E-state index in [4.69, 9.17) is 11.6 Å². The molecule has 0 radical (unpaired) electrons. The molecule has 3 atom stereocenters. The van der Waals surface area contributed by atoms with E-state index in [1.807, 2.05) is 0 Å². The number of hydrogen-bond donors (Lipinski definition) is 4. The maximum Gasteiger partial charge on any atom is 0.261 e. The average Bonchev–Trinajstić information content (AvgIpc) is 2.87. The van der Waals surface area contributed by atoms with Crippen LogP contribution in [-0.2, 0) is 16.4 Å². The highest BCUT2D eigenvalue weighted by atomic mass is 35.5. The minimum atomic E-state index is -3.69. The van der Waals surface area contributed by atoms with Gasteiger partial charge in [-0.1, -0.05) is 23.7 Å². The van der Waals surface area contributed by atoms with Crippen molar-refractivity contribution in [3.8, 4) is 0 Å². The molecule has 4 N–H and O–H groups in total. The second-order valence-electron chi connectivity index (χ2n) is 5.60. The molecule has 1 aliphatic heterocycles. The van der Waals surface area contributed by atoms with Gasteiger partial charge in [0.2, 0.25) is 0 Å². The van der Waals surface area contributed by atoms with E-state index >= 15 is 0 Å². The van der Waals surface area contributed by atoms with Crippen LogP contribution in [0.2, 0.25) is 5.02 Å². The van der Waals surface area contributed by atoms with E-state index in [1.54, 1.807) is 36.4 Å². The minimum Gasteiger partial charge on any atom is -0.377 e. The van der Waals surface area contributed by atoms with Crippen LogP contribution in [0.5, 0.6) is 0 Å². The Morgan fingerprint density at radius 2 is 1.72 bits per heavy atom. The van der Waals surface area contributed by atoms with Crippen LogP contribution in [0.1, 0.15) is 5.56 Å². The zero-order chi connectivity index (χ0) is 18.0. The summed E-state index contributed by atoms with van der Waals surface area (Å²) in [5.74, 6) is 0. The molecule has 0 saturated carbocycles. The number of benzene rings is 2. The third-order valence-electron chi connectivity index (χ3n) is 3.74. The van der Waals surface area contributed by atoms with Crippen molar-refractivity contribution in [3.63, 3.8) is 0 Å². The van der Waals surface area contributed by atoms with Gasteiger partial charge >= 0.3 is 0 Å². The average molecular weight is 401 g/mol. The molecule has 6 nitrogen and oxygen atoms in total. The molecular weight excluding hydrogens is 384 g/mol. The first-order chi connectivity index (χ1) is 11.8. The lowest BCUT2D eigenvalue weighted by Gasteiger charge is -2.13. The number of rotatable bonds is 5. The van der Waals surface area contributed by atoms with Gasteiger partial charge in [0.05, 0.1) is 10.1 Å². The summed E-state index contributed by atoms with van der Waals surface area (Å²) in [5, 5.41) is 22.2. The highest BCUT2D eigenvalue weighted by molar-refractivity contribution is 8.00. The lowest BCUT2D eigenvalue weighted by atomic mass is 10.1. The fraction of sp³-hybridized carbons (Fsp3) is 0.250. The Morgan fingerprint density at radius 1 is 1.08 bits per heavy atom. The summed E-state index contributed by atoms with van der Waals surface area (Å²) in [6.07, 6.45) is -0.282. The zero-order valence-corrected chi connectivity index (χ0v) is 15.4. The van der Waals surface area contributed by atoms with E-state index in [0.717, 1.165) is 5.56 Å². The normalized spacial score (nSPS) is 23.6. The molecule has 1 heterocycles. The van der Waals surface area contributed by atoms with Crippen LogP contribution >= 0.6 is 23.4 Å². The van der Waals surface area contributed by atoms with Crippen molar-refractivity contribution in [1.29, 1.82) is 0 Å². The maximum atomic E-state index is 12.4. The van der Waals surface area contributed by atoms with E-state index in [9.17, 15) is 18.6 Å². The van der Waals surface area contributed by atoms with Crippen molar-refractivity contribution in [3.05, 3.63) is 59.1 Å². The molecule has 25 heavy (non-hydrogen) atoms. The van der Waals surface area contributed by atoms with E-state index in [2.05, 4.69) is 10.0 Å². The molecule has 0 spiro atoms. The number of sulfonamides is 1. The fourth-order valence-corrected chi connectivity index (χ4v) is 4.71. The fourth-order valence-electron chi connectivity index (χ4n) is 2.46. The van der Waals surface area contributed by atoms with Gasteiger partial charge in [0.1, 0.15) is 6.23 Å². The number of aliphatic hydroxyl groups excluding tert-OH is 2. The molecular formula is C16H17ClN2O4S2. The number of aliphatic hydroxyl groups is 2. The van der Waals surface area contributed by atoms with Gasteiger partial charge in [-0.25, -0.2) is 8.42 Å². The van der Waals surface area contributed by atoms with Gasteiger partial charge in [0.15, 0.2) is 5.56 Å². The molecule has 0 amide bonds. The second-order valence-corrected chi connectivity index (χ2v) is 9.04. The molecule has 0 aromatic heterocycles. The predicted octanol–water partition coefficient (Wildman–Crippen LogP) is 1.98. The van der Waals surface area contributed by atoms with Gasteiger partial charge in [-0.2, -0.15) is 0 Å². The second kappa shape index (κ2) is 7.53. The molecule has 2 aromatic carbocycles. The van der Waals surface area contributed by atoms with E-state index in [1.165, 1.54) is 23.9 Å². The predicted molar refractivity (Wildman–Crippen MR) is 98.9 cm³/mol. The SMILES string of the molecule is O=S(=O)(Nc1ccc(Cl)cc1)c1ccc(CC2SC(O)NC2O)cc1. The number of hydrogen-bond acceptors (Lipinski definition) is 6. The smallest absolute Gasteiger partial charge is 0.261 e. The van der Waals surface area contributed by atoms with Gasteiger partial charge in [0, 0.05) is 10.7 Å². The first kappa shape index (κ1) is 18.5. The topological polar surface area (TPSA) is 98.7 Å². The van der Waals surface area contributed by atoms with E-state index in [0.29, 0.717) is 17.1 Å². The zero-order valence-electron chi connectivity index (χ0n) is 13.0. The number of thioether (sulfide) groups is 1. The summed E-state index contributed by atoms with van der Waals surface area (Å²) in [6, 6.07) is 12.8. The molecule has 3 unspecified atom stereocenters. The lowest BCUT2D eigenvalue weighted by molar-refractivity contribution is 0.0996. The van der Waals surface area contributed by atoms with Crippen LogP contribution in [0.3, 0.4) is 0 Å². The summed E-state index contributed by atoms with van der Waals surface area (Å²) in [4.78, 5) is 0.143. The van der Waals surface area contributed by atoms with Gasteiger partial charge < -0.3 is 10.2 Å². The number of anilines is 1. The monoisotopic (exact) mass is 400 g/mol. The van der Waals surface area contributed by atoms with Gasteiger partial charge in [0.25, 0.3) is 10.0 Å². The molecule has 0 bridgehead atoms. The first-order valence-corrected chi connectivity index (χ1v) is 10.3. The van der Waals surface area contributed by atoms with Crippen LogP contribution in [-0.4, -0.2) is 35.7 Å². The van der Waals surface area contributed by atoms with Crippen LogP contribution in [0.25, 0.3) is 0 Å². The third kappa shape index (κ3) is 4.66. The Kier molecular flexibility index (Phi) is 5.57. The van der Waals surface area contributed by atoms with Gasteiger partial charge in [-0.05, 0) is 48.4 Å². The summed E-state index contributed by atoms with van der Waals surface area (Å²) < 4.78 is 27.3. The van der Waals surface area contributed by atoms with Crippen molar-refractivity contribution < 1.29 is 18.6 Å². The van der Waals surface area contributed by atoms with Crippen molar-refractivity contribution in [2.24, 2.45) is 0 Å². The van der Waals surface area contributed by atoms with Crippen molar-refractivity contribution in [2.75, 3.05) is 4.72 Å².